The van der Waals surface area contributed by atoms with Gasteiger partial charge in [-0.3, -0.25) is 9.69 Å². The van der Waals surface area contributed by atoms with Crippen LogP contribution in [-0.2, 0) is 17.6 Å². The minimum absolute atomic E-state index is 0.00656. The van der Waals surface area contributed by atoms with Gasteiger partial charge in [-0.2, -0.15) is 5.26 Å². The van der Waals surface area contributed by atoms with Gasteiger partial charge in [0.25, 0.3) is 0 Å². The number of carbonyl (C=O) groups is 1. The molecule has 25 heavy (non-hydrogen) atoms. The molecule has 1 saturated heterocycles. The molecule has 0 radical (unpaired) electrons. The molecule has 0 bridgehead atoms. The van der Waals surface area contributed by atoms with Gasteiger partial charge < -0.3 is 10.2 Å². The monoisotopic (exact) mass is 360 g/mol. The average molecular weight is 361 g/mol. The van der Waals surface area contributed by atoms with E-state index >= 15 is 0 Å². The fraction of sp³-hybridized carbons (Fsp3) is 0.684. The van der Waals surface area contributed by atoms with Crippen LogP contribution in [0.1, 0.15) is 42.7 Å². The molecular weight excluding hydrogens is 332 g/mol. The van der Waals surface area contributed by atoms with Crippen molar-refractivity contribution in [3.63, 3.8) is 0 Å². The van der Waals surface area contributed by atoms with Crippen LogP contribution in [0, 0.1) is 17.2 Å². The van der Waals surface area contributed by atoms with Crippen LogP contribution in [0.15, 0.2) is 0 Å². The second-order valence-electron chi connectivity index (χ2n) is 7.33. The molecule has 1 aliphatic carbocycles. The number of carbonyl (C=O) groups excluding carboxylic acids is 1. The molecule has 1 aromatic heterocycles. The van der Waals surface area contributed by atoms with E-state index in [0.717, 1.165) is 57.0 Å². The summed E-state index contributed by atoms with van der Waals surface area (Å²) in [5, 5.41) is 13.3. The number of nitriles is 1. The van der Waals surface area contributed by atoms with Crippen LogP contribution in [0.3, 0.4) is 0 Å². The molecule has 1 N–H and O–H groups in total. The molecule has 1 aliphatic heterocycles. The Morgan fingerprint density at radius 3 is 2.72 bits per heavy atom. The van der Waals surface area contributed by atoms with Crippen LogP contribution in [-0.4, -0.2) is 55.0 Å². The van der Waals surface area contributed by atoms with E-state index < -0.39 is 0 Å². The molecule has 6 heteroatoms. The molecule has 2 heterocycles. The van der Waals surface area contributed by atoms with E-state index in [0.29, 0.717) is 18.0 Å². The third kappa shape index (κ3) is 4.41. The summed E-state index contributed by atoms with van der Waals surface area (Å²) in [6.07, 6.45) is 4.31. The maximum Gasteiger partial charge on any atom is 0.239 e. The Kier molecular flexibility index (Phi) is 6.10. The Morgan fingerprint density at radius 1 is 1.32 bits per heavy atom. The molecule has 2 aliphatic rings. The molecule has 0 aromatic carbocycles. The number of fused-ring (bicyclic) bond motifs is 1. The normalized spacial score (nSPS) is 21.6. The van der Waals surface area contributed by atoms with E-state index in [1.165, 1.54) is 16.9 Å². The molecule has 3 rings (SSSR count). The van der Waals surface area contributed by atoms with Crippen LogP contribution in [0.5, 0.6) is 0 Å². The van der Waals surface area contributed by atoms with E-state index in [-0.39, 0.29) is 5.91 Å². The number of hydrogen-bond acceptors (Lipinski definition) is 5. The smallest absolute Gasteiger partial charge is 0.239 e. The Morgan fingerprint density at radius 2 is 2.04 bits per heavy atom. The third-order valence-corrected chi connectivity index (χ3v) is 6.42. The zero-order chi connectivity index (χ0) is 17.8. The lowest BCUT2D eigenvalue weighted by Gasteiger charge is -2.34. The second-order valence-corrected chi connectivity index (χ2v) is 8.44. The average Bonchev–Trinajstić information content (AvgIpc) is 2.92. The molecule has 0 spiro atoms. The molecular formula is C19H28N4OS. The van der Waals surface area contributed by atoms with Crippen molar-refractivity contribution >= 4 is 22.2 Å². The minimum atomic E-state index is 0.00656. The van der Waals surface area contributed by atoms with Crippen molar-refractivity contribution in [1.82, 2.24) is 9.80 Å². The Balaban J connectivity index is 1.58. The number of piperazine rings is 1. The number of anilines is 1. The molecule has 136 valence electrons. The van der Waals surface area contributed by atoms with E-state index in [9.17, 15) is 10.1 Å². The summed E-state index contributed by atoms with van der Waals surface area (Å²) < 4.78 is 0. The van der Waals surface area contributed by atoms with Crippen LogP contribution in [0.25, 0.3) is 0 Å². The second kappa shape index (κ2) is 8.31. The molecule has 1 amide bonds. The Hall–Kier alpha value is -1.42. The molecule has 0 saturated carbocycles. The van der Waals surface area contributed by atoms with E-state index in [1.807, 2.05) is 0 Å². The fourth-order valence-corrected chi connectivity index (χ4v) is 5.19. The largest absolute Gasteiger partial charge is 0.315 e. The highest BCUT2D eigenvalue weighted by molar-refractivity contribution is 7.16. The summed E-state index contributed by atoms with van der Waals surface area (Å²) in [6.45, 7) is 9.98. The quantitative estimate of drug-likeness (QED) is 0.877. The molecule has 1 atom stereocenters. The molecule has 1 aromatic rings. The Labute approximate surface area is 154 Å². The van der Waals surface area contributed by atoms with E-state index in [2.05, 4.69) is 35.0 Å². The lowest BCUT2D eigenvalue weighted by molar-refractivity contribution is -0.117. The first kappa shape index (κ1) is 18.4. The van der Waals surface area contributed by atoms with E-state index in [1.54, 1.807) is 11.3 Å². The SMILES string of the molecule is CCCN1CCN(CC(=O)Nc2sc3c(c2C#N)CCC(C)C3)CC1. The van der Waals surface area contributed by atoms with Gasteiger partial charge in [0, 0.05) is 31.1 Å². The van der Waals surface area contributed by atoms with Crippen molar-refractivity contribution in [2.45, 2.75) is 39.5 Å². The number of thiophene rings is 1. The first-order valence-electron chi connectivity index (χ1n) is 9.39. The Bertz CT molecular complexity index is 655. The van der Waals surface area contributed by atoms with Crippen molar-refractivity contribution in [3.8, 4) is 6.07 Å². The van der Waals surface area contributed by atoms with Crippen LogP contribution >= 0.6 is 11.3 Å². The lowest BCUT2D eigenvalue weighted by atomic mass is 9.89. The summed E-state index contributed by atoms with van der Waals surface area (Å²) in [6, 6.07) is 2.32. The van der Waals surface area contributed by atoms with Gasteiger partial charge in [-0.05, 0) is 43.7 Å². The van der Waals surface area contributed by atoms with Gasteiger partial charge in [0.15, 0.2) is 0 Å². The number of amides is 1. The maximum absolute atomic E-state index is 12.5. The number of hydrogen-bond donors (Lipinski definition) is 1. The van der Waals surface area contributed by atoms with Gasteiger partial charge in [-0.1, -0.05) is 13.8 Å². The zero-order valence-electron chi connectivity index (χ0n) is 15.3. The van der Waals surface area contributed by atoms with Crippen molar-refractivity contribution < 1.29 is 4.79 Å². The first-order chi connectivity index (χ1) is 12.1. The highest BCUT2D eigenvalue weighted by atomic mass is 32.1. The van der Waals surface area contributed by atoms with E-state index in [4.69, 9.17) is 0 Å². The highest BCUT2D eigenvalue weighted by Gasteiger charge is 2.25. The van der Waals surface area contributed by atoms with Gasteiger partial charge in [0.1, 0.15) is 11.1 Å². The molecule has 5 nitrogen and oxygen atoms in total. The molecule has 1 fully saturated rings. The standard InChI is InChI=1S/C19H28N4OS/c1-3-6-22-7-9-23(10-8-22)13-18(24)21-19-16(12-20)15-5-4-14(2)11-17(15)25-19/h14H,3-11,13H2,1-2H3,(H,21,24). The van der Waals surface area contributed by atoms with Crippen LogP contribution in [0.2, 0.25) is 0 Å². The predicted molar refractivity (Wildman–Crippen MR) is 102 cm³/mol. The number of nitrogens with zero attached hydrogens (tertiary/aromatic N) is 3. The minimum Gasteiger partial charge on any atom is -0.315 e. The van der Waals surface area contributed by atoms with Gasteiger partial charge in [0.05, 0.1) is 12.1 Å². The summed E-state index contributed by atoms with van der Waals surface area (Å²) in [4.78, 5) is 18.4. The number of nitrogens with one attached hydrogen (secondary N) is 1. The van der Waals surface area contributed by atoms with Gasteiger partial charge >= 0.3 is 0 Å². The van der Waals surface area contributed by atoms with Crippen molar-refractivity contribution in [3.05, 3.63) is 16.0 Å². The van der Waals surface area contributed by atoms with Gasteiger partial charge in [0.2, 0.25) is 5.91 Å². The van der Waals surface area contributed by atoms with Crippen molar-refractivity contribution in [1.29, 1.82) is 5.26 Å². The fourth-order valence-electron chi connectivity index (χ4n) is 3.81. The lowest BCUT2D eigenvalue weighted by Crippen LogP contribution is -2.48. The number of rotatable bonds is 5. The van der Waals surface area contributed by atoms with Crippen molar-refractivity contribution in [2.24, 2.45) is 5.92 Å². The molecule has 1 unspecified atom stereocenters. The maximum atomic E-state index is 12.5. The van der Waals surface area contributed by atoms with Gasteiger partial charge in [-0.15, -0.1) is 11.3 Å². The summed E-state index contributed by atoms with van der Waals surface area (Å²) >= 11 is 1.61. The predicted octanol–water partition coefficient (Wildman–Crippen LogP) is 2.71. The zero-order valence-corrected chi connectivity index (χ0v) is 16.1. The van der Waals surface area contributed by atoms with Crippen LogP contribution < -0.4 is 5.32 Å². The first-order valence-corrected chi connectivity index (χ1v) is 10.2. The summed E-state index contributed by atoms with van der Waals surface area (Å²) in [5.74, 6) is 0.674. The summed E-state index contributed by atoms with van der Waals surface area (Å²) in [7, 11) is 0. The van der Waals surface area contributed by atoms with Crippen molar-refractivity contribution in [2.75, 3.05) is 44.6 Å². The van der Waals surface area contributed by atoms with Crippen LogP contribution in [0.4, 0.5) is 5.00 Å². The summed E-state index contributed by atoms with van der Waals surface area (Å²) in [5.41, 5.74) is 1.88. The van der Waals surface area contributed by atoms with Gasteiger partial charge in [-0.25, -0.2) is 0 Å². The topological polar surface area (TPSA) is 59.4 Å². The third-order valence-electron chi connectivity index (χ3n) is 5.25. The highest BCUT2D eigenvalue weighted by Crippen LogP contribution is 2.39.